The highest BCUT2D eigenvalue weighted by Gasteiger charge is 2.34. The standard InChI is InChI=1S/C29H31N3O4/c1-3-35-23-15-13-22(14-16-23)32-20-21(19-28(32)33)29-30-24-9-4-5-10-25(24)31(29)17-8-18-36-27-12-7-6-11-26(27)34-2/h4-7,9-16,21H,3,8,17-20H2,1-2H3/t21-/m1/s1. The number of benzene rings is 3. The molecule has 1 amide bonds. The highest BCUT2D eigenvalue weighted by atomic mass is 16.5. The Hall–Kier alpha value is -4.00. The lowest BCUT2D eigenvalue weighted by Crippen LogP contribution is -2.24. The molecule has 0 N–H and O–H groups in total. The molecule has 1 aromatic heterocycles. The van der Waals surface area contributed by atoms with E-state index in [2.05, 4.69) is 10.6 Å². The summed E-state index contributed by atoms with van der Waals surface area (Å²) in [5, 5.41) is 0. The number of nitrogens with zero attached hydrogens (tertiary/aromatic N) is 3. The van der Waals surface area contributed by atoms with E-state index in [0.29, 0.717) is 26.2 Å². The molecule has 1 atom stereocenters. The molecule has 1 aliphatic rings. The third-order valence-corrected chi connectivity index (χ3v) is 6.49. The monoisotopic (exact) mass is 485 g/mol. The van der Waals surface area contributed by atoms with Crippen molar-refractivity contribution in [2.24, 2.45) is 0 Å². The highest BCUT2D eigenvalue weighted by molar-refractivity contribution is 5.96. The Morgan fingerprint density at radius 2 is 1.69 bits per heavy atom. The van der Waals surface area contributed by atoms with Crippen LogP contribution in [0.25, 0.3) is 11.0 Å². The van der Waals surface area contributed by atoms with Crippen molar-refractivity contribution in [2.45, 2.75) is 32.2 Å². The number of ether oxygens (including phenoxy) is 3. The van der Waals surface area contributed by atoms with Crippen molar-refractivity contribution in [2.75, 3.05) is 31.8 Å². The molecule has 7 heteroatoms. The number of rotatable bonds is 10. The number of carbonyl (C=O) groups excluding carboxylic acids is 1. The summed E-state index contributed by atoms with van der Waals surface area (Å²) in [6, 6.07) is 23.5. The molecule has 0 radical (unpaired) electrons. The van der Waals surface area contributed by atoms with Crippen molar-refractivity contribution in [3.63, 3.8) is 0 Å². The molecule has 2 heterocycles. The summed E-state index contributed by atoms with van der Waals surface area (Å²) in [6.45, 7) is 4.48. The number of imidazole rings is 1. The first-order valence-corrected chi connectivity index (χ1v) is 12.4. The molecular weight excluding hydrogens is 454 g/mol. The normalized spacial score (nSPS) is 15.4. The van der Waals surface area contributed by atoms with E-state index >= 15 is 0 Å². The van der Waals surface area contributed by atoms with E-state index in [1.807, 2.05) is 78.6 Å². The molecule has 3 aromatic carbocycles. The van der Waals surface area contributed by atoms with Gasteiger partial charge in [-0.2, -0.15) is 0 Å². The minimum absolute atomic E-state index is 0.0200. The lowest BCUT2D eigenvalue weighted by atomic mass is 10.1. The zero-order valence-corrected chi connectivity index (χ0v) is 20.7. The van der Waals surface area contributed by atoms with Crippen LogP contribution < -0.4 is 19.1 Å². The van der Waals surface area contributed by atoms with Crippen LogP contribution in [0, 0.1) is 0 Å². The van der Waals surface area contributed by atoms with E-state index in [9.17, 15) is 4.79 Å². The third kappa shape index (κ3) is 4.87. The minimum Gasteiger partial charge on any atom is -0.494 e. The van der Waals surface area contributed by atoms with E-state index in [1.165, 1.54) is 0 Å². The molecule has 0 aliphatic carbocycles. The minimum atomic E-state index is 0.0200. The van der Waals surface area contributed by atoms with Crippen LogP contribution in [0.1, 0.15) is 31.5 Å². The van der Waals surface area contributed by atoms with Gasteiger partial charge in [-0.05, 0) is 61.9 Å². The molecule has 0 bridgehead atoms. The van der Waals surface area contributed by atoms with Crippen LogP contribution in [0.3, 0.4) is 0 Å². The van der Waals surface area contributed by atoms with Gasteiger partial charge >= 0.3 is 0 Å². The van der Waals surface area contributed by atoms with Crippen LogP contribution in [-0.2, 0) is 11.3 Å². The highest BCUT2D eigenvalue weighted by Crippen LogP contribution is 2.34. The van der Waals surface area contributed by atoms with Gasteiger partial charge in [-0.15, -0.1) is 0 Å². The SMILES string of the molecule is CCOc1ccc(N2C[C@H](c3nc4ccccc4n3CCCOc3ccccc3OC)CC2=O)cc1. The Labute approximate surface area is 211 Å². The van der Waals surface area contributed by atoms with Crippen molar-refractivity contribution in [3.8, 4) is 17.2 Å². The Morgan fingerprint density at radius 1 is 0.944 bits per heavy atom. The second-order valence-corrected chi connectivity index (χ2v) is 8.80. The molecule has 4 aromatic rings. The summed E-state index contributed by atoms with van der Waals surface area (Å²) >= 11 is 0. The number of methoxy groups -OCH3 is 1. The van der Waals surface area contributed by atoms with Crippen molar-refractivity contribution < 1.29 is 19.0 Å². The van der Waals surface area contributed by atoms with Crippen LogP contribution in [0.5, 0.6) is 17.2 Å². The molecule has 7 nitrogen and oxygen atoms in total. The summed E-state index contributed by atoms with van der Waals surface area (Å²) in [5.74, 6) is 3.36. The zero-order chi connectivity index (χ0) is 24.9. The number of hydrogen-bond acceptors (Lipinski definition) is 5. The van der Waals surface area contributed by atoms with Gasteiger partial charge in [0, 0.05) is 31.1 Å². The average Bonchev–Trinajstić information content (AvgIpc) is 3.48. The maximum atomic E-state index is 13.0. The number of para-hydroxylation sites is 4. The molecule has 36 heavy (non-hydrogen) atoms. The molecular formula is C29H31N3O4. The third-order valence-electron chi connectivity index (χ3n) is 6.49. The lowest BCUT2D eigenvalue weighted by molar-refractivity contribution is -0.117. The van der Waals surface area contributed by atoms with Crippen molar-refractivity contribution in [1.29, 1.82) is 0 Å². The van der Waals surface area contributed by atoms with Crippen molar-refractivity contribution in [3.05, 3.63) is 78.6 Å². The van der Waals surface area contributed by atoms with Gasteiger partial charge in [0.2, 0.25) is 5.91 Å². The number of amides is 1. The molecule has 5 rings (SSSR count). The summed E-state index contributed by atoms with van der Waals surface area (Å²) in [5.41, 5.74) is 2.92. The van der Waals surface area contributed by atoms with Gasteiger partial charge in [0.15, 0.2) is 11.5 Å². The predicted molar refractivity (Wildman–Crippen MR) is 140 cm³/mol. The van der Waals surface area contributed by atoms with Crippen LogP contribution in [0.4, 0.5) is 5.69 Å². The maximum Gasteiger partial charge on any atom is 0.227 e. The number of anilines is 1. The number of fused-ring (bicyclic) bond motifs is 1. The van der Waals surface area contributed by atoms with Crippen LogP contribution >= 0.6 is 0 Å². The summed E-state index contributed by atoms with van der Waals surface area (Å²) in [4.78, 5) is 19.8. The first-order valence-electron chi connectivity index (χ1n) is 12.4. The Balaban J connectivity index is 1.32. The number of aryl methyl sites for hydroxylation is 1. The van der Waals surface area contributed by atoms with Gasteiger partial charge in [-0.3, -0.25) is 4.79 Å². The summed E-state index contributed by atoms with van der Waals surface area (Å²) < 4.78 is 19.2. The van der Waals surface area contributed by atoms with E-state index in [1.54, 1.807) is 7.11 Å². The van der Waals surface area contributed by atoms with Crippen molar-refractivity contribution in [1.82, 2.24) is 9.55 Å². The topological polar surface area (TPSA) is 65.8 Å². The maximum absolute atomic E-state index is 13.0. The van der Waals surface area contributed by atoms with E-state index in [-0.39, 0.29) is 11.8 Å². The molecule has 0 saturated carbocycles. The smallest absolute Gasteiger partial charge is 0.227 e. The average molecular weight is 486 g/mol. The molecule has 186 valence electrons. The van der Waals surface area contributed by atoms with E-state index in [4.69, 9.17) is 19.2 Å². The second-order valence-electron chi connectivity index (χ2n) is 8.80. The van der Waals surface area contributed by atoms with E-state index < -0.39 is 0 Å². The molecule has 1 aliphatic heterocycles. The fraction of sp³-hybridized carbons (Fsp3) is 0.310. The summed E-state index contributed by atoms with van der Waals surface area (Å²) in [7, 11) is 1.64. The Morgan fingerprint density at radius 3 is 2.47 bits per heavy atom. The molecule has 1 fully saturated rings. The number of aromatic nitrogens is 2. The first kappa shape index (κ1) is 23.7. The fourth-order valence-corrected chi connectivity index (χ4v) is 4.80. The first-order chi connectivity index (χ1) is 17.7. The van der Waals surface area contributed by atoms with E-state index in [0.717, 1.165) is 52.8 Å². The Kier molecular flexibility index (Phi) is 7.07. The second kappa shape index (κ2) is 10.7. The van der Waals surface area contributed by atoms with Gasteiger partial charge in [0.1, 0.15) is 11.6 Å². The fourth-order valence-electron chi connectivity index (χ4n) is 4.80. The summed E-state index contributed by atoms with van der Waals surface area (Å²) in [6.07, 6.45) is 1.24. The van der Waals surface area contributed by atoms with Gasteiger partial charge in [-0.25, -0.2) is 4.98 Å². The zero-order valence-electron chi connectivity index (χ0n) is 20.7. The number of hydrogen-bond donors (Lipinski definition) is 0. The van der Waals surface area contributed by atoms with Gasteiger partial charge in [-0.1, -0.05) is 24.3 Å². The quantitative estimate of drug-likeness (QED) is 0.280. The molecule has 0 spiro atoms. The van der Waals surface area contributed by atoms with Crippen LogP contribution in [-0.4, -0.2) is 42.3 Å². The van der Waals surface area contributed by atoms with Crippen LogP contribution in [0.2, 0.25) is 0 Å². The van der Waals surface area contributed by atoms with Crippen LogP contribution in [0.15, 0.2) is 72.8 Å². The van der Waals surface area contributed by atoms with Crippen molar-refractivity contribution >= 4 is 22.6 Å². The lowest BCUT2D eigenvalue weighted by Gasteiger charge is -2.18. The predicted octanol–water partition coefficient (Wildman–Crippen LogP) is 5.43. The van der Waals surface area contributed by atoms with Gasteiger partial charge in [0.25, 0.3) is 0 Å². The Bertz CT molecular complexity index is 1330. The largest absolute Gasteiger partial charge is 0.494 e. The molecule has 0 unspecified atom stereocenters. The number of carbonyl (C=O) groups is 1. The van der Waals surface area contributed by atoms with Gasteiger partial charge < -0.3 is 23.7 Å². The molecule has 1 saturated heterocycles. The van der Waals surface area contributed by atoms with Gasteiger partial charge in [0.05, 0.1) is 31.4 Å².